The van der Waals surface area contributed by atoms with Crippen molar-refractivity contribution in [2.45, 2.75) is 0 Å². The second kappa shape index (κ2) is 14.9. The van der Waals surface area contributed by atoms with Crippen LogP contribution < -0.4 is 0 Å². The molecular weight excluding hydrogens is 773 g/mol. The molecule has 0 atom stereocenters. The minimum absolute atomic E-state index is 0.00681. The van der Waals surface area contributed by atoms with E-state index in [-0.39, 0.29) is 27.6 Å². The Labute approximate surface area is 374 Å². The Morgan fingerprint density at radius 3 is 1.58 bits per heavy atom. The second-order valence-corrected chi connectivity index (χ2v) is 16.0. The summed E-state index contributed by atoms with van der Waals surface area (Å²) in [4.78, 5) is 15.7. The van der Waals surface area contributed by atoms with E-state index in [9.17, 15) is 2.74 Å². The topological polar surface area (TPSA) is 43.6 Å². The fraction of sp³-hybridized carbons (Fsp3) is 0. The number of hydrogen-bond donors (Lipinski definition) is 0. The van der Waals surface area contributed by atoms with E-state index in [1.807, 2.05) is 115 Å². The van der Waals surface area contributed by atoms with Gasteiger partial charge in [0.15, 0.2) is 17.5 Å². The third-order valence-electron chi connectivity index (χ3n) is 11.3. The van der Waals surface area contributed by atoms with Crippen LogP contribution in [0.25, 0.3) is 115 Å². The van der Waals surface area contributed by atoms with E-state index in [0.717, 1.165) is 44.5 Å². The molecule has 0 radical (unpaired) electrons. The molecule has 0 N–H and O–H groups in total. The zero-order chi connectivity index (χ0) is 47.9. The van der Waals surface area contributed by atoms with Gasteiger partial charge in [-0.25, -0.2) is 15.0 Å². The average Bonchev–Trinajstić information content (AvgIpc) is 3.98. The predicted molar refractivity (Wildman–Crippen MR) is 260 cm³/mol. The van der Waals surface area contributed by atoms with E-state index >= 15 is 0 Å². The Balaban J connectivity index is 1.16. The Hall–Kier alpha value is -7.99. The van der Waals surface area contributed by atoms with Crippen molar-refractivity contribution in [3.63, 3.8) is 0 Å². The zero-order valence-electron chi connectivity index (χ0n) is 40.9. The van der Waals surface area contributed by atoms with Gasteiger partial charge in [0.1, 0.15) is 0 Å². The van der Waals surface area contributed by atoms with Gasteiger partial charge >= 0.3 is 0 Å². The molecule has 3 aromatic heterocycles. The van der Waals surface area contributed by atoms with Crippen LogP contribution in [0.5, 0.6) is 0 Å². The van der Waals surface area contributed by atoms with Crippen molar-refractivity contribution in [1.82, 2.24) is 19.5 Å². The molecule has 0 aliphatic carbocycles. The van der Waals surface area contributed by atoms with Gasteiger partial charge in [-0.1, -0.05) is 176 Å². The number of fused-ring (bicyclic) bond motifs is 6. The van der Waals surface area contributed by atoms with E-state index in [1.54, 1.807) is 11.3 Å². The summed E-state index contributed by atoms with van der Waals surface area (Å²) in [5.74, 6) is 0.979. The molecule has 4 nitrogen and oxygen atoms in total. The van der Waals surface area contributed by atoms with Crippen LogP contribution in [0.4, 0.5) is 0 Å². The van der Waals surface area contributed by atoms with Crippen molar-refractivity contribution >= 4 is 53.3 Å². The Morgan fingerprint density at radius 1 is 0.371 bits per heavy atom. The average molecular weight is 817 g/mol. The summed E-state index contributed by atoms with van der Waals surface area (Å²) >= 11 is 1.75. The van der Waals surface area contributed by atoms with E-state index in [1.165, 1.54) is 24.7 Å². The predicted octanol–water partition coefficient (Wildman–Crippen LogP) is 15.3. The third kappa shape index (κ3) is 6.18. The van der Waals surface area contributed by atoms with Gasteiger partial charge < -0.3 is 4.57 Å². The third-order valence-corrected chi connectivity index (χ3v) is 12.5. The molecule has 0 aliphatic heterocycles. The van der Waals surface area contributed by atoms with Crippen LogP contribution >= 0.6 is 11.3 Å². The lowest BCUT2D eigenvalue weighted by molar-refractivity contribution is 1.06. The maximum atomic E-state index is 9.38. The highest BCUT2D eigenvalue weighted by Crippen LogP contribution is 2.42. The van der Waals surface area contributed by atoms with E-state index in [0.29, 0.717) is 22.9 Å². The summed E-state index contributed by atoms with van der Waals surface area (Å²) in [5.41, 5.74) is 7.81. The molecular formula is C57H36N4S. The number of aromatic nitrogens is 4. The van der Waals surface area contributed by atoms with Gasteiger partial charge in [0.25, 0.3) is 0 Å². The van der Waals surface area contributed by atoms with Gasteiger partial charge in [0.2, 0.25) is 0 Å². The highest BCUT2D eigenvalue weighted by molar-refractivity contribution is 7.26. The van der Waals surface area contributed by atoms with Crippen LogP contribution in [-0.2, 0) is 0 Å². The van der Waals surface area contributed by atoms with Crippen LogP contribution in [0.1, 0.15) is 11.0 Å². The van der Waals surface area contributed by atoms with Gasteiger partial charge in [-0.05, 0) is 75.8 Å². The molecule has 9 aromatic carbocycles. The number of nitrogens with zero attached hydrogens (tertiary/aromatic N) is 4. The molecule has 5 heteroatoms. The monoisotopic (exact) mass is 816 g/mol. The van der Waals surface area contributed by atoms with Crippen molar-refractivity contribution in [1.29, 1.82) is 0 Å². The first-order chi connectivity index (χ1) is 34.0. The molecule has 0 unspecified atom stereocenters. The lowest BCUT2D eigenvalue weighted by Gasteiger charge is -2.16. The maximum Gasteiger partial charge on any atom is 0.166 e. The van der Waals surface area contributed by atoms with E-state index in [4.69, 9.17) is 23.2 Å². The highest BCUT2D eigenvalue weighted by atomic mass is 32.1. The number of benzene rings is 9. The van der Waals surface area contributed by atoms with E-state index in [2.05, 4.69) is 54.6 Å². The molecule has 3 heterocycles. The van der Waals surface area contributed by atoms with Gasteiger partial charge in [-0.15, -0.1) is 11.3 Å². The van der Waals surface area contributed by atoms with Crippen molar-refractivity contribution in [3.05, 3.63) is 218 Å². The molecule has 0 aliphatic rings. The van der Waals surface area contributed by atoms with Crippen LogP contribution in [0.3, 0.4) is 0 Å². The molecule has 62 heavy (non-hydrogen) atoms. The second-order valence-electron chi connectivity index (χ2n) is 15.0. The van der Waals surface area contributed by atoms with Gasteiger partial charge in [0, 0.05) is 47.6 Å². The summed E-state index contributed by atoms with van der Waals surface area (Å²) in [6, 6.07) is 52.6. The summed E-state index contributed by atoms with van der Waals surface area (Å²) < 4.78 is 76.1. The summed E-state index contributed by atoms with van der Waals surface area (Å²) in [6.07, 6.45) is 0. The Kier molecular flexibility index (Phi) is 6.86. The molecule has 12 rings (SSSR count). The lowest BCUT2D eigenvalue weighted by Crippen LogP contribution is -2.04. The molecule has 290 valence electrons. The largest absolute Gasteiger partial charge is 0.308 e. The Morgan fingerprint density at radius 2 is 0.887 bits per heavy atom. The fourth-order valence-corrected chi connectivity index (χ4v) is 9.64. The molecule has 0 saturated carbocycles. The standard InChI is InChI=1S/C57H36N4S/c1-3-16-37(17-4-1)39-20-13-22-42(34-39)55-58-56(43-23-14-21-41(35-43)44-27-15-28-48-47-26-9-12-31-53(47)62-54(44)48)60-57(59-55)49-33-32-40(38-18-5-2-6-19-38)36-52(49)61-50-29-10-7-24-45(50)46-25-8-11-30-51(46)61/h1-36H/i7D,8D,10D,11D,24D,25D,29D,30D. The first-order valence-electron chi connectivity index (χ1n) is 24.2. The molecule has 0 bridgehead atoms. The Bertz CT molecular complexity index is 4040. The fourth-order valence-electron chi connectivity index (χ4n) is 8.40. The van der Waals surface area contributed by atoms with Crippen LogP contribution in [0.2, 0.25) is 0 Å². The van der Waals surface area contributed by atoms with Crippen LogP contribution in [-0.4, -0.2) is 19.5 Å². The van der Waals surface area contributed by atoms with E-state index < -0.39 is 48.3 Å². The van der Waals surface area contributed by atoms with Crippen molar-refractivity contribution < 1.29 is 11.0 Å². The highest BCUT2D eigenvalue weighted by Gasteiger charge is 2.21. The maximum absolute atomic E-state index is 9.38. The number of thiophene rings is 1. The number of hydrogen-bond acceptors (Lipinski definition) is 4. The van der Waals surface area contributed by atoms with Crippen molar-refractivity contribution in [2.24, 2.45) is 0 Å². The zero-order valence-corrected chi connectivity index (χ0v) is 33.7. The van der Waals surface area contributed by atoms with Crippen LogP contribution in [0, 0.1) is 0 Å². The number of rotatable bonds is 7. The van der Waals surface area contributed by atoms with Gasteiger partial charge in [0.05, 0.1) is 27.7 Å². The minimum atomic E-state index is -0.516. The van der Waals surface area contributed by atoms with Crippen molar-refractivity contribution in [3.8, 4) is 73.2 Å². The number of para-hydroxylation sites is 2. The van der Waals surface area contributed by atoms with Gasteiger partial charge in [-0.3, -0.25) is 0 Å². The summed E-state index contributed by atoms with van der Waals surface area (Å²) in [7, 11) is 0. The first-order valence-corrected chi connectivity index (χ1v) is 21.0. The molecule has 0 amide bonds. The van der Waals surface area contributed by atoms with Crippen LogP contribution in [0.15, 0.2) is 218 Å². The lowest BCUT2D eigenvalue weighted by atomic mass is 10.00. The van der Waals surface area contributed by atoms with Gasteiger partial charge in [-0.2, -0.15) is 0 Å². The smallest absolute Gasteiger partial charge is 0.166 e. The molecule has 0 spiro atoms. The normalized spacial score (nSPS) is 13.4. The minimum Gasteiger partial charge on any atom is -0.308 e. The first kappa shape index (κ1) is 28.5. The summed E-state index contributed by atoms with van der Waals surface area (Å²) in [6.45, 7) is 0. The molecule has 0 saturated heterocycles. The SMILES string of the molecule is [2H]c1c([2H])c([2H])c2c(c1[2H])c1c([2H])c([2H])c([2H])c([2H])c1n2-c1cc(-c2ccccc2)ccc1-c1nc(-c2cccc(-c3ccccc3)c2)nc(-c2cccc(-c3cccc4c3sc3ccccc34)c2)n1. The molecule has 12 aromatic rings. The van der Waals surface area contributed by atoms with Crippen molar-refractivity contribution in [2.75, 3.05) is 0 Å². The quantitative estimate of drug-likeness (QED) is 0.161. The summed E-state index contributed by atoms with van der Waals surface area (Å²) in [5, 5.41) is 2.33. The molecule has 0 fully saturated rings.